The van der Waals surface area contributed by atoms with Gasteiger partial charge >= 0.3 is 12.0 Å². The molecular weight excluding hydrogens is 236 g/mol. The summed E-state index contributed by atoms with van der Waals surface area (Å²) in [6.45, 7) is 0.316. The predicted molar refractivity (Wildman–Crippen MR) is 65.5 cm³/mol. The maximum Gasteiger partial charge on any atom is 0.335 e. The number of phenols is 1. The molecule has 0 aromatic heterocycles. The molecule has 18 heavy (non-hydrogen) atoms. The van der Waals surface area contributed by atoms with E-state index in [1.807, 2.05) is 0 Å². The first kappa shape index (κ1) is 13.4. The number of terminal acetylenes is 1. The van der Waals surface area contributed by atoms with E-state index in [1.165, 1.54) is 12.1 Å². The van der Waals surface area contributed by atoms with Gasteiger partial charge in [-0.25, -0.2) is 9.59 Å². The van der Waals surface area contributed by atoms with Crippen LogP contribution in [0.3, 0.4) is 0 Å². The normalized spacial score (nSPS) is 9.28. The summed E-state index contributed by atoms with van der Waals surface area (Å²) in [6.07, 6.45) is 5.42. The highest BCUT2D eigenvalue weighted by atomic mass is 16.4. The number of aromatic carboxylic acids is 1. The number of carboxylic acid groups (broad SMARTS) is 1. The molecule has 0 saturated carbocycles. The summed E-state index contributed by atoms with van der Waals surface area (Å²) in [6, 6.07) is 3.11. The average Bonchev–Trinajstić information content (AvgIpc) is 2.32. The van der Waals surface area contributed by atoms with Gasteiger partial charge in [-0.2, -0.15) is 0 Å². The van der Waals surface area contributed by atoms with Gasteiger partial charge in [-0.15, -0.1) is 12.3 Å². The van der Waals surface area contributed by atoms with Gasteiger partial charge in [0.15, 0.2) is 0 Å². The molecule has 0 fully saturated rings. The Kier molecular flexibility index (Phi) is 4.58. The SMILES string of the molecule is C#CCCNC(=O)Nc1ccc(C(=O)O)cc1O. The summed E-state index contributed by atoms with van der Waals surface area (Å²) < 4.78 is 0. The fraction of sp³-hybridized carbons (Fsp3) is 0.167. The third kappa shape index (κ3) is 3.72. The van der Waals surface area contributed by atoms with Crippen LogP contribution in [0.25, 0.3) is 0 Å². The summed E-state index contributed by atoms with van der Waals surface area (Å²) in [5.74, 6) is 0.886. The monoisotopic (exact) mass is 248 g/mol. The quantitative estimate of drug-likeness (QED) is 0.366. The standard InChI is InChI=1S/C12H12N2O4/c1-2-3-6-13-12(18)14-9-5-4-8(11(16)17)7-10(9)15/h1,4-5,7,15H,3,6H2,(H,16,17)(H2,13,14,18). The highest BCUT2D eigenvalue weighted by molar-refractivity contribution is 5.93. The Balaban J connectivity index is 2.65. The van der Waals surface area contributed by atoms with Crippen LogP contribution in [0.1, 0.15) is 16.8 Å². The van der Waals surface area contributed by atoms with Crippen LogP contribution in [-0.4, -0.2) is 28.8 Å². The van der Waals surface area contributed by atoms with E-state index in [0.717, 1.165) is 6.07 Å². The lowest BCUT2D eigenvalue weighted by atomic mass is 10.2. The van der Waals surface area contributed by atoms with Crippen molar-refractivity contribution in [2.45, 2.75) is 6.42 Å². The fourth-order valence-electron chi connectivity index (χ4n) is 1.19. The molecule has 0 radical (unpaired) electrons. The number of aromatic hydroxyl groups is 1. The van der Waals surface area contributed by atoms with E-state index in [0.29, 0.717) is 13.0 Å². The molecule has 0 unspecified atom stereocenters. The minimum atomic E-state index is -1.16. The Morgan fingerprint density at radius 3 is 2.67 bits per heavy atom. The largest absolute Gasteiger partial charge is 0.506 e. The minimum Gasteiger partial charge on any atom is -0.506 e. The first-order valence-corrected chi connectivity index (χ1v) is 5.09. The Hall–Kier alpha value is -2.68. The number of carbonyl (C=O) groups excluding carboxylic acids is 1. The second-order valence-electron chi connectivity index (χ2n) is 3.37. The Morgan fingerprint density at radius 1 is 1.39 bits per heavy atom. The van der Waals surface area contributed by atoms with Crippen LogP contribution in [-0.2, 0) is 0 Å². The molecular formula is C12H12N2O4. The van der Waals surface area contributed by atoms with E-state index in [2.05, 4.69) is 16.6 Å². The summed E-state index contributed by atoms with van der Waals surface area (Å²) >= 11 is 0. The van der Waals surface area contributed by atoms with Crippen LogP contribution in [0, 0.1) is 12.3 Å². The van der Waals surface area contributed by atoms with Crippen molar-refractivity contribution in [2.75, 3.05) is 11.9 Å². The molecule has 0 bridgehead atoms. The molecule has 0 aliphatic heterocycles. The zero-order chi connectivity index (χ0) is 13.5. The van der Waals surface area contributed by atoms with Gasteiger partial charge < -0.3 is 20.8 Å². The fourth-order valence-corrected chi connectivity index (χ4v) is 1.19. The van der Waals surface area contributed by atoms with Crippen molar-refractivity contribution in [1.82, 2.24) is 5.32 Å². The first-order valence-electron chi connectivity index (χ1n) is 5.09. The van der Waals surface area contributed by atoms with E-state index >= 15 is 0 Å². The third-order valence-corrected chi connectivity index (χ3v) is 2.05. The molecule has 0 atom stereocenters. The number of phenolic OH excluding ortho intramolecular Hbond substituents is 1. The van der Waals surface area contributed by atoms with Crippen LogP contribution in [0.5, 0.6) is 5.75 Å². The van der Waals surface area contributed by atoms with Crippen molar-refractivity contribution >= 4 is 17.7 Å². The molecule has 0 aliphatic carbocycles. The Bertz CT molecular complexity index is 505. The van der Waals surface area contributed by atoms with E-state index in [1.54, 1.807) is 0 Å². The molecule has 94 valence electrons. The van der Waals surface area contributed by atoms with E-state index < -0.39 is 12.0 Å². The first-order chi connectivity index (χ1) is 8.54. The van der Waals surface area contributed by atoms with Gasteiger partial charge in [-0.3, -0.25) is 0 Å². The van der Waals surface area contributed by atoms with E-state index in [-0.39, 0.29) is 17.0 Å². The molecule has 1 aromatic rings. The number of carboxylic acids is 1. The maximum absolute atomic E-state index is 11.3. The molecule has 0 saturated heterocycles. The molecule has 0 heterocycles. The van der Waals surface area contributed by atoms with Crippen molar-refractivity contribution in [3.8, 4) is 18.1 Å². The van der Waals surface area contributed by atoms with Crippen molar-refractivity contribution < 1.29 is 19.8 Å². The highest BCUT2D eigenvalue weighted by Gasteiger charge is 2.09. The van der Waals surface area contributed by atoms with Crippen molar-refractivity contribution in [3.63, 3.8) is 0 Å². The number of hydrogen-bond acceptors (Lipinski definition) is 3. The second kappa shape index (κ2) is 6.15. The van der Waals surface area contributed by atoms with Crippen molar-refractivity contribution in [2.24, 2.45) is 0 Å². The number of rotatable bonds is 4. The smallest absolute Gasteiger partial charge is 0.335 e. The van der Waals surface area contributed by atoms with Gasteiger partial charge in [-0.05, 0) is 18.2 Å². The molecule has 0 spiro atoms. The number of amides is 2. The molecule has 0 aliphatic rings. The van der Waals surface area contributed by atoms with Crippen molar-refractivity contribution in [1.29, 1.82) is 0 Å². The minimum absolute atomic E-state index is 0.0641. The highest BCUT2D eigenvalue weighted by Crippen LogP contribution is 2.24. The lowest BCUT2D eigenvalue weighted by molar-refractivity contribution is 0.0696. The summed E-state index contributed by atoms with van der Waals surface area (Å²) in [5, 5.41) is 23.1. The van der Waals surface area contributed by atoms with Crippen LogP contribution in [0.2, 0.25) is 0 Å². The maximum atomic E-state index is 11.3. The number of hydrogen-bond donors (Lipinski definition) is 4. The predicted octanol–water partition coefficient (Wildman–Crippen LogP) is 1.24. The number of urea groups is 1. The molecule has 1 aromatic carbocycles. The van der Waals surface area contributed by atoms with Gasteiger partial charge in [0.05, 0.1) is 11.3 Å². The Morgan fingerprint density at radius 2 is 2.11 bits per heavy atom. The van der Waals surface area contributed by atoms with E-state index in [9.17, 15) is 14.7 Å². The van der Waals surface area contributed by atoms with Crippen molar-refractivity contribution in [3.05, 3.63) is 23.8 Å². The molecule has 4 N–H and O–H groups in total. The topological polar surface area (TPSA) is 98.7 Å². The number of nitrogens with one attached hydrogen (secondary N) is 2. The van der Waals surface area contributed by atoms with Gasteiger partial charge in [0.1, 0.15) is 5.75 Å². The second-order valence-corrected chi connectivity index (χ2v) is 3.37. The van der Waals surface area contributed by atoms with Gasteiger partial charge in [0, 0.05) is 13.0 Å². The van der Waals surface area contributed by atoms with Crippen LogP contribution < -0.4 is 10.6 Å². The number of carbonyl (C=O) groups is 2. The third-order valence-electron chi connectivity index (χ3n) is 2.05. The molecule has 1 rings (SSSR count). The summed E-state index contributed by atoms with van der Waals surface area (Å²) in [4.78, 5) is 22.0. The van der Waals surface area contributed by atoms with Gasteiger partial charge in [0.2, 0.25) is 0 Å². The lowest BCUT2D eigenvalue weighted by Gasteiger charge is -2.08. The number of benzene rings is 1. The zero-order valence-electron chi connectivity index (χ0n) is 9.43. The summed E-state index contributed by atoms with van der Waals surface area (Å²) in [5.41, 5.74) is 0.0593. The zero-order valence-corrected chi connectivity index (χ0v) is 9.43. The van der Waals surface area contributed by atoms with Crippen LogP contribution >= 0.6 is 0 Å². The molecule has 6 nitrogen and oxygen atoms in total. The van der Waals surface area contributed by atoms with Gasteiger partial charge in [-0.1, -0.05) is 0 Å². The van der Waals surface area contributed by atoms with Gasteiger partial charge in [0.25, 0.3) is 0 Å². The Labute approximate surface area is 104 Å². The summed E-state index contributed by atoms with van der Waals surface area (Å²) in [7, 11) is 0. The van der Waals surface area contributed by atoms with E-state index in [4.69, 9.17) is 11.5 Å². The molecule has 6 heteroatoms. The van der Waals surface area contributed by atoms with Crippen LogP contribution in [0.15, 0.2) is 18.2 Å². The average molecular weight is 248 g/mol. The molecule has 2 amide bonds. The van der Waals surface area contributed by atoms with Crippen LogP contribution in [0.4, 0.5) is 10.5 Å². The lowest BCUT2D eigenvalue weighted by Crippen LogP contribution is -2.29. The number of anilines is 1.